The average Bonchev–Trinajstić information content (AvgIpc) is 2.60. The maximum Gasteiger partial charge on any atom is 0.217 e. The molecule has 4 nitrogen and oxygen atoms in total. The fourth-order valence-electron chi connectivity index (χ4n) is 2.16. The lowest BCUT2D eigenvalue weighted by Crippen LogP contribution is -2.20. The van der Waals surface area contributed by atoms with Crippen LogP contribution in [0, 0.1) is 0 Å². The fraction of sp³-hybridized carbons (Fsp3) is 0.615. The highest BCUT2D eigenvalue weighted by atomic mass is 16.3. The smallest absolute Gasteiger partial charge is 0.217 e. The van der Waals surface area contributed by atoms with Crippen molar-refractivity contribution >= 4 is 5.91 Å². The maximum atomic E-state index is 10.8. The zero-order chi connectivity index (χ0) is 12.1. The Hall–Kier alpha value is -1.29. The van der Waals surface area contributed by atoms with Gasteiger partial charge in [0, 0.05) is 6.92 Å². The van der Waals surface area contributed by atoms with E-state index in [1.165, 1.54) is 26.2 Å². The summed E-state index contributed by atoms with van der Waals surface area (Å²) in [6.45, 7) is 3.05. The highest BCUT2D eigenvalue weighted by Crippen LogP contribution is 2.24. The summed E-state index contributed by atoms with van der Waals surface area (Å²) < 4.78 is 5.75. The number of carbonyl (C=O) groups excluding carboxylic acids is 1. The van der Waals surface area contributed by atoms with Gasteiger partial charge in [0.15, 0.2) is 0 Å². The van der Waals surface area contributed by atoms with Crippen molar-refractivity contribution < 1.29 is 9.21 Å². The molecule has 1 aliphatic rings. The number of hydrogen-bond acceptors (Lipinski definition) is 3. The first-order valence-corrected chi connectivity index (χ1v) is 6.32. The Labute approximate surface area is 102 Å². The quantitative estimate of drug-likeness (QED) is 0.845. The van der Waals surface area contributed by atoms with Crippen molar-refractivity contribution in [2.24, 2.45) is 0 Å². The van der Waals surface area contributed by atoms with E-state index in [4.69, 9.17) is 4.42 Å². The van der Waals surface area contributed by atoms with Gasteiger partial charge >= 0.3 is 0 Å². The molecule has 0 spiro atoms. The highest BCUT2D eigenvalue weighted by molar-refractivity contribution is 5.72. The molecule has 1 fully saturated rings. The molecule has 1 atom stereocenters. The summed E-state index contributed by atoms with van der Waals surface area (Å²) in [6, 6.07) is 4.29. The predicted octanol–water partition coefficient (Wildman–Crippen LogP) is 2.12. The van der Waals surface area contributed by atoms with E-state index >= 15 is 0 Å². The van der Waals surface area contributed by atoms with Crippen molar-refractivity contribution in [3.63, 3.8) is 0 Å². The van der Waals surface area contributed by atoms with Crippen molar-refractivity contribution in [1.29, 1.82) is 0 Å². The molecular weight excluding hydrogens is 216 g/mol. The third-order valence-electron chi connectivity index (χ3n) is 3.10. The summed E-state index contributed by atoms with van der Waals surface area (Å²) in [5.41, 5.74) is 0. The molecule has 0 radical (unpaired) electrons. The van der Waals surface area contributed by atoms with Gasteiger partial charge in [-0.15, -0.1) is 0 Å². The Morgan fingerprint density at radius 1 is 1.47 bits per heavy atom. The van der Waals surface area contributed by atoms with E-state index in [9.17, 15) is 4.79 Å². The van der Waals surface area contributed by atoms with Gasteiger partial charge in [-0.3, -0.25) is 4.79 Å². The zero-order valence-corrected chi connectivity index (χ0v) is 10.3. The Morgan fingerprint density at radius 2 is 2.35 bits per heavy atom. The van der Waals surface area contributed by atoms with Crippen LogP contribution in [-0.4, -0.2) is 12.5 Å². The van der Waals surface area contributed by atoms with Crippen LogP contribution in [0.25, 0.3) is 0 Å². The van der Waals surface area contributed by atoms with Crippen LogP contribution >= 0.6 is 0 Å². The third-order valence-corrected chi connectivity index (χ3v) is 3.10. The normalized spacial score (nSPS) is 20.9. The van der Waals surface area contributed by atoms with E-state index in [2.05, 4.69) is 10.6 Å². The maximum absolute atomic E-state index is 10.8. The van der Waals surface area contributed by atoms with E-state index in [1.807, 2.05) is 12.1 Å². The van der Waals surface area contributed by atoms with Crippen molar-refractivity contribution in [2.45, 2.75) is 45.2 Å². The van der Waals surface area contributed by atoms with E-state index in [0.29, 0.717) is 12.6 Å². The number of rotatable bonds is 3. The average molecular weight is 236 g/mol. The molecular formula is C13H20N2O2. The summed E-state index contributed by atoms with van der Waals surface area (Å²) >= 11 is 0. The van der Waals surface area contributed by atoms with Gasteiger partial charge in [0.25, 0.3) is 0 Å². The van der Waals surface area contributed by atoms with Gasteiger partial charge in [-0.05, 0) is 31.5 Å². The van der Waals surface area contributed by atoms with Gasteiger partial charge in [-0.1, -0.05) is 12.8 Å². The monoisotopic (exact) mass is 236 g/mol. The van der Waals surface area contributed by atoms with Crippen LogP contribution in [0.3, 0.4) is 0 Å². The molecule has 1 aliphatic heterocycles. The van der Waals surface area contributed by atoms with Gasteiger partial charge < -0.3 is 15.1 Å². The Balaban J connectivity index is 1.94. The molecule has 1 aromatic rings. The molecule has 1 amide bonds. The van der Waals surface area contributed by atoms with Crippen molar-refractivity contribution in [1.82, 2.24) is 10.6 Å². The second-order valence-electron chi connectivity index (χ2n) is 4.57. The number of carbonyl (C=O) groups is 1. The lowest BCUT2D eigenvalue weighted by molar-refractivity contribution is -0.119. The SMILES string of the molecule is CC(=O)NCc1ccc([C@H]2CCCCCN2)o1. The van der Waals surface area contributed by atoms with Crippen molar-refractivity contribution in [2.75, 3.05) is 6.54 Å². The Bertz CT molecular complexity index is 365. The molecule has 2 rings (SSSR count). The standard InChI is InChI=1S/C13H20N2O2/c1-10(16)15-9-11-6-7-13(17-11)12-5-3-2-4-8-14-12/h6-7,12,14H,2-5,8-9H2,1H3,(H,15,16)/t12-/m1/s1. The minimum absolute atomic E-state index is 0.0319. The Kier molecular flexibility index (Phi) is 4.20. The molecule has 94 valence electrons. The van der Waals surface area contributed by atoms with E-state index in [0.717, 1.165) is 24.5 Å². The molecule has 1 saturated heterocycles. The Morgan fingerprint density at radius 3 is 3.18 bits per heavy atom. The second kappa shape index (κ2) is 5.87. The topological polar surface area (TPSA) is 54.3 Å². The summed E-state index contributed by atoms with van der Waals surface area (Å²) in [4.78, 5) is 10.8. The molecule has 2 N–H and O–H groups in total. The first kappa shape index (κ1) is 12.2. The molecule has 0 unspecified atom stereocenters. The van der Waals surface area contributed by atoms with Crippen LogP contribution in [0.15, 0.2) is 16.5 Å². The van der Waals surface area contributed by atoms with Gasteiger partial charge in [-0.2, -0.15) is 0 Å². The van der Waals surface area contributed by atoms with Crippen LogP contribution in [0.5, 0.6) is 0 Å². The van der Waals surface area contributed by atoms with Crippen LogP contribution in [0.1, 0.15) is 50.2 Å². The lowest BCUT2D eigenvalue weighted by atomic mass is 10.1. The molecule has 17 heavy (non-hydrogen) atoms. The zero-order valence-electron chi connectivity index (χ0n) is 10.3. The summed E-state index contributed by atoms with van der Waals surface area (Å²) in [5, 5.41) is 6.23. The number of hydrogen-bond donors (Lipinski definition) is 2. The minimum Gasteiger partial charge on any atom is -0.463 e. The highest BCUT2D eigenvalue weighted by Gasteiger charge is 2.16. The van der Waals surface area contributed by atoms with Crippen LogP contribution in [-0.2, 0) is 11.3 Å². The molecule has 0 aliphatic carbocycles. The molecule has 4 heteroatoms. The lowest BCUT2D eigenvalue weighted by Gasteiger charge is -2.12. The fourth-order valence-corrected chi connectivity index (χ4v) is 2.16. The van der Waals surface area contributed by atoms with E-state index in [-0.39, 0.29) is 5.91 Å². The van der Waals surface area contributed by atoms with E-state index < -0.39 is 0 Å². The summed E-state index contributed by atoms with van der Waals surface area (Å²) in [5.74, 6) is 1.78. The molecule has 0 saturated carbocycles. The van der Waals surface area contributed by atoms with Crippen molar-refractivity contribution in [3.8, 4) is 0 Å². The largest absolute Gasteiger partial charge is 0.463 e. The number of furan rings is 1. The molecule has 0 aromatic carbocycles. The first-order valence-electron chi connectivity index (χ1n) is 6.32. The van der Waals surface area contributed by atoms with Gasteiger partial charge in [0.05, 0.1) is 12.6 Å². The van der Waals surface area contributed by atoms with Crippen LogP contribution in [0.2, 0.25) is 0 Å². The minimum atomic E-state index is -0.0319. The number of amides is 1. The van der Waals surface area contributed by atoms with Gasteiger partial charge in [-0.25, -0.2) is 0 Å². The summed E-state index contributed by atoms with van der Waals surface area (Å²) in [6.07, 6.45) is 4.92. The second-order valence-corrected chi connectivity index (χ2v) is 4.57. The third kappa shape index (κ3) is 3.60. The van der Waals surface area contributed by atoms with E-state index in [1.54, 1.807) is 0 Å². The van der Waals surface area contributed by atoms with Gasteiger partial charge in [0.2, 0.25) is 5.91 Å². The van der Waals surface area contributed by atoms with Crippen molar-refractivity contribution in [3.05, 3.63) is 23.7 Å². The van der Waals surface area contributed by atoms with Gasteiger partial charge in [0.1, 0.15) is 11.5 Å². The molecule has 2 heterocycles. The summed E-state index contributed by atoms with van der Waals surface area (Å²) in [7, 11) is 0. The first-order chi connectivity index (χ1) is 8.25. The van der Waals surface area contributed by atoms with Crippen LogP contribution in [0.4, 0.5) is 0 Å². The molecule has 1 aromatic heterocycles. The van der Waals surface area contributed by atoms with Crippen LogP contribution < -0.4 is 10.6 Å². The predicted molar refractivity (Wildman–Crippen MR) is 65.4 cm³/mol. The number of nitrogens with one attached hydrogen (secondary N) is 2. The molecule has 0 bridgehead atoms.